The van der Waals surface area contributed by atoms with Gasteiger partial charge in [-0.1, -0.05) is 12.1 Å². The average molecular weight is 200 g/mol. The maximum atomic E-state index is 4.19. The molecule has 0 radical (unpaired) electrons. The molecule has 2 heterocycles. The smallest absolute Gasteiger partial charge is 0.0342 e. The molecular formula is C13H16N2. The number of hydrogen-bond donors (Lipinski definition) is 1. The van der Waals surface area contributed by atoms with E-state index >= 15 is 0 Å². The summed E-state index contributed by atoms with van der Waals surface area (Å²) in [6.07, 6.45) is 8.85. The van der Waals surface area contributed by atoms with Gasteiger partial charge in [-0.15, -0.1) is 0 Å². The standard InChI is InChI=1S/C13H16N2/c1-2-11(8-14-4-1)12-6-10-3-5-15-9-13(10)7-12/h1-2,4,7-8,10,13,15H,3,5-6,9H2/t10-,13-/m1/s1. The lowest BCUT2D eigenvalue weighted by molar-refractivity contribution is 0.323. The van der Waals surface area contributed by atoms with Gasteiger partial charge >= 0.3 is 0 Å². The molecule has 0 unspecified atom stereocenters. The molecule has 2 nitrogen and oxygen atoms in total. The minimum atomic E-state index is 0.758. The van der Waals surface area contributed by atoms with Crippen molar-refractivity contribution in [3.05, 3.63) is 36.2 Å². The van der Waals surface area contributed by atoms with E-state index in [1.165, 1.54) is 30.5 Å². The Morgan fingerprint density at radius 2 is 2.40 bits per heavy atom. The summed E-state index contributed by atoms with van der Waals surface area (Å²) in [5.74, 6) is 1.63. The number of nitrogens with zero attached hydrogens (tertiary/aromatic N) is 1. The Balaban J connectivity index is 1.84. The molecule has 0 bridgehead atoms. The van der Waals surface area contributed by atoms with Crippen LogP contribution in [0.4, 0.5) is 0 Å². The van der Waals surface area contributed by atoms with E-state index in [1.807, 2.05) is 18.5 Å². The van der Waals surface area contributed by atoms with Gasteiger partial charge in [0.2, 0.25) is 0 Å². The van der Waals surface area contributed by atoms with Crippen LogP contribution in [0.25, 0.3) is 5.57 Å². The van der Waals surface area contributed by atoms with Crippen molar-refractivity contribution in [2.45, 2.75) is 12.8 Å². The molecule has 0 saturated carbocycles. The van der Waals surface area contributed by atoms with Gasteiger partial charge in [0.15, 0.2) is 0 Å². The summed E-state index contributed by atoms with van der Waals surface area (Å²) in [4.78, 5) is 4.19. The average Bonchev–Trinajstić information content (AvgIpc) is 2.74. The molecule has 0 amide bonds. The lowest BCUT2D eigenvalue weighted by Gasteiger charge is -2.25. The van der Waals surface area contributed by atoms with E-state index in [1.54, 1.807) is 0 Å². The highest BCUT2D eigenvalue weighted by Gasteiger charge is 2.29. The number of nitrogens with one attached hydrogen (secondary N) is 1. The molecule has 1 aromatic heterocycles. The Morgan fingerprint density at radius 1 is 1.40 bits per heavy atom. The summed E-state index contributed by atoms with van der Waals surface area (Å²) in [6, 6.07) is 4.19. The second-order valence-corrected chi connectivity index (χ2v) is 4.55. The zero-order valence-corrected chi connectivity index (χ0v) is 8.82. The van der Waals surface area contributed by atoms with Crippen LogP contribution in [0.1, 0.15) is 18.4 Å². The third-order valence-corrected chi connectivity index (χ3v) is 3.61. The molecule has 2 atom stereocenters. The second-order valence-electron chi connectivity index (χ2n) is 4.55. The third-order valence-electron chi connectivity index (χ3n) is 3.61. The van der Waals surface area contributed by atoms with E-state index in [2.05, 4.69) is 22.4 Å². The van der Waals surface area contributed by atoms with E-state index < -0.39 is 0 Å². The van der Waals surface area contributed by atoms with Crippen molar-refractivity contribution in [1.29, 1.82) is 0 Å². The van der Waals surface area contributed by atoms with Crippen molar-refractivity contribution in [3.63, 3.8) is 0 Å². The number of aromatic nitrogens is 1. The molecule has 2 heteroatoms. The van der Waals surface area contributed by atoms with Crippen LogP contribution in [-0.4, -0.2) is 18.1 Å². The molecular weight excluding hydrogens is 184 g/mol. The van der Waals surface area contributed by atoms with Crippen molar-refractivity contribution in [2.24, 2.45) is 11.8 Å². The molecule has 1 aliphatic heterocycles. The molecule has 78 valence electrons. The molecule has 1 aliphatic carbocycles. The molecule has 3 rings (SSSR count). The summed E-state index contributed by atoms with van der Waals surface area (Å²) in [7, 11) is 0. The number of pyridine rings is 1. The summed E-state index contributed by atoms with van der Waals surface area (Å²) in [6.45, 7) is 2.35. The van der Waals surface area contributed by atoms with Crippen LogP contribution in [0.3, 0.4) is 0 Å². The largest absolute Gasteiger partial charge is 0.316 e. The lowest BCUT2D eigenvalue weighted by Crippen LogP contribution is -2.33. The first kappa shape index (κ1) is 9.10. The minimum absolute atomic E-state index is 0.758. The van der Waals surface area contributed by atoms with Gasteiger partial charge in [0, 0.05) is 18.9 Å². The normalized spacial score (nSPS) is 29.7. The van der Waals surface area contributed by atoms with Crippen molar-refractivity contribution >= 4 is 5.57 Å². The lowest BCUT2D eigenvalue weighted by atomic mass is 9.89. The van der Waals surface area contributed by atoms with E-state index in [-0.39, 0.29) is 0 Å². The molecule has 0 aromatic carbocycles. The first-order chi connectivity index (χ1) is 7.43. The van der Waals surface area contributed by atoms with Gasteiger partial charge in [0.05, 0.1) is 0 Å². The van der Waals surface area contributed by atoms with E-state index in [9.17, 15) is 0 Å². The maximum absolute atomic E-state index is 4.19. The Kier molecular flexibility index (Phi) is 2.29. The minimum Gasteiger partial charge on any atom is -0.316 e. The number of hydrogen-bond acceptors (Lipinski definition) is 2. The quantitative estimate of drug-likeness (QED) is 0.751. The molecule has 2 aliphatic rings. The number of fused-ring (bicyclic) bond motifs is 1. The zero-order valence-electron chi connectivity index (χ0n) is 8.82. The second kappa shape index (κ2) is 3.78. The predicted molar refractivity (Wildman–Crippen MR) is 61.3 cm³/mol. The van der Waals surface area contributed by atoms with Crippen LogP contribution in [0.5, 0.6) is 0 Å². The Bertz CT molecular complexity index is 369. The van der Waals surface area contributed by atoms with Gasteiger partial charge in [0.25, 0.3) is 0 Å². The van der Waals surface area contributed by atoms with Crippen molar-refractivity contribution in [1.82, 2.24) is 10.3 Å². The van der Waals surface area contributed by atoms with Crippen molar-refractivity contribution < 1.29 is 0 Å². The number of piperidine rings is 1. The van der Waals surface area contributed by atoms with Crippen LogP contribution < -0.4 is 5.32 Å². The third kappa shape index (κ3) is 1.70. The molecule has 1 saturated heterocycles. The first-order valence-electron chi connectivity index (χ1n) is 5.75. The molecule has 0 spiro atoms. The topological polar surface area (TPSA) is 24.9 Å². The summed E-state index contributed by atoms with van der Waals surface area (Å²) < 4.78 is 0. The Hall–Kier alpha value is -1.15. The number of rotatable bonds is 1. The highest BCUT2D eigenvalue weighted by atomic mass is 14.9. The fraction of sp³-hybridized carbons (Fsp3) is 0.462. The fourth-order valence-electron chi connectivity index (χ4n) is 2.76. The van der Waals surface area contributed by atoms with Gasteiger partial charge in [-0.05, 0) is 48.4 Å². The number of allylic oxidation sites excluding steroid dienone is 1. The van der Waals surface area contributed by atoms with Crippen LogP contribution in [0, 0.1) is 11.8 Å². The fourth-order valence-corrected chi connectivity index (χ4v) is 2.76. The van der Waals surface area contributed by atoms with E-state index in [0.29, 0.717) is 0 Å². The predicted octanol–water partition coefficient (Wildman–Crippen LogP) is 2.09. The van der Waals surface area contributed by atoms with Gasteiger partial charge < -0.3 is 5.32 Å². The summed E-state index contributed by atoms with van der Waals surface area (Å²) in [5.41, 5.74) is 2.81. The zero-order chi connectivity index (χ0) is 10.1. The van der Waals surface area contributed by atoms with Gasteiger partial charge in [-0.2, -0.15) is 0 Å². The molecule has 1 N–H and O–H groups in total. The Morgan fingerprint density at radius 3 is 3.20 bits per heavy atom. The highest BCUT2D eigenvalue weighted by Crippen LogP contribution is 2.38. The maximum Gasteiger partial charge on any atom is 0.0342 e. The van der Waals surface area contributed by atoms with Gasteiger partial charge in [0.1, 0.15) is 0 Å². The van der Waals surface area contributed by atoms with E-state index in [4.69, 9.17) is 0 Å². The molecule has 15 heavy (non-hydrogen) atoms. The van der Waals surface area contributed by atoms with E-state index in [0.717, 1.165) is 18.4 Å². The highest BCUT2D eigenvalue weighted by molar-refractivity contribution is 5.67. The molecule has 1 aromatic rings. The Labute approximate surface area is 90.4 Å². The van der Waals surface area contributed by atoms with Crippen molar-refractivity contribution in [2.75, 3.05) is 13.1 Å². The van der Waals surface area contributed by atoms with Crippen LogP contribution in [0.2, 0.25) is 0 Å². The first-order valence-corrected chi connectivity index (χ1v) is 5.75. The van der Waals surface area contributed by atoms with Gasteiger partial charge in [-0.3, -0.25) is 4.98 Å². The molecule has 1 fully saturated rings. The van der Waals surface area contributed by atoms with Gasteiger partial charge in [-0.25, -0.2) is 0 Å². The van der Waals surface area contributed by atoms with Crippen molar-refractivity contribution in [3.8, 4) is 0 Å². The summed E-state index contributed by atoms with van der Waals surface area (Å²) in [5, 5.41) is 3.47. The van der Waals surface area contributed by atoms with Crippen LogP contribution >= 0.6 is 0 Å². The van der Waals surface area contributed by atoms with Crippen LogP contribution in [-0.2, 0) is 0 Å². The summed E-state index contributed by atoms with van der Waals surface area (Å²) >= 11 is 0. The van der Waals surface area contributed by atoms with Crippen LogP contribution in [0.15, 0.2) is 30.6 Å². The monoisotopic (exact) mass is 200 g/mol. The SMILES string of the molecule is C1=C(c2cccnc2)C[C@H]2CCNC[C@@H]12.